The highest BCUT2D eigenvalue weighted by molar-refractivity contribution is 8.11. The Hall–Kier alpha value is -0.660. The van der Waals surface area contributed by atoms with Gasteiger partial charge in [0.25, 0.3) is 9.24 Å². The second-order valence-electron chi connectivity index (χ2n) is 2.80. The quantitative estimate of drug-likeness (QED) is 0.640. The maximum Gasteiger partial charge on any atom is 0.299 e. The summed E-state index contributed by atoms with van der Waals surface area (Å²) in [6.45, 7) is 0.740. The van der Waals surface area contributed by atoms with Crippen LogP contribution in [0.1, 0.15) is 6.04 Å². The zero-order valence-electron chi connectivity index (χ0n) is 6.54. The number of rotatable bonds is 2. The molecule has 0 bridgehead atoms. The van der Waals surface area contributed by atoms with E-state index in [1.54, 1.807) is 17.1 Å². The summed E-state index contributed by atoms with van der Waals surface area (Å²) in [5.74, 6) is 0. The Morgan fingerprint density at radius 3 is 2.62 bits per heavy atom. The molecule has 0 spiro atoms. The van der Waals surface area contributed by atoms with E-state index in [-0.39, 0.29) is 6.04 Å². The average molecular weight is 223 g/mol. The summed E-state index contributed by atoms with van der Waals surface area (Å²) in [7, 11) is 1.57. The minimum Gasteiger partial charge on any atom is -0.247 e. The Bertz CT molecular complexity index is 383. The zero-order valence-corrected chi connectivity index (χ0v) is 8.11. The molecule has 0 aliphatic carbocycles. The Morgan fingerprint density at radius 2 is 2.15 bits per heavy atom. The predicted octanol–water partition coefficient (Wildman–Crippen LogP) is -0.382. The summed E-state index contributed by atoms with van der Waals surface area (Å²) in [4.78, 5) is 0. The molecule has 0 amide bonds. The van der Waals surface area contributed by atoms with Gasteiger partial charge >= 0.3 is 0 Å². The van der Waals surface area contributed by atoms with E-state index < -0.39 is 9.24 Å². The van der Waals surface area contributed by atoms with Crippen molar-refractivity contribution in [2.24, 2.45) is 0 Å². The van der Waals surface area contributed by atoms with E-state index in [1.807, 2.05) is 0 Å². The van der Waals surface area contributed by atoms with Crippen molar-refractivity contribution in [1.29, 1.82) is 0 Å². The molecule has 1 aromatic heterocycles. The maximum absolute atomic E-state index is 10.8. The third kappa shape index (κ3) is 1.67. The van der Waals surface area contributed by atoms with Crippen LogP contribution in [-0.4, -0.2) is 40.8 Å². The highest BCUT2D eigenvalue weighted by Gasteiger charge is 2.36. The summed E-state index contributed by atoms with van der Waals surface area (Å²) in [6.07, 6.45) is 3.25. The summed E-state index contributed by atoms with van der Waals surface area (Å²) in [6, 6.07) is 0.0658. The van der Waals surface area contributed by atoms with Crippen LogP contribution in [0.25, 0.3) is 0 Å². The number of nitrogens with zero attached hydrogens (tertiary/aromatic N) is 4. The summed E-state index contributed by atoms with van der Waals surface area (Å²) in [5.41, 5.74) is 0. The van der Waals surface area contributed by atoms with Crippen molar-refractivity contribution in [2.75, 3.05) is 13.1 Å². The maximum atomic E-state index is 10.8. The molecule has 13 heavy (non-hydrogen) atoms. The lowest BCUT2D eigenvalue weighted by Gasteiger charge is -2.35. The lowest BCUT2D eigenvalue weighted by molar-refractivity contribution is 0.192. The van der Waals surface area contributed by atoms with Gasteiger partial charge in [-0.2, -0.15) is 12.7 Å². The molecule has 0 saturated carbocycles. The Kier molecular flexibility index (Phi) is 2.01. The second kappa shape index (κ2) is 2.93. The molecule has 8 heteroatoms. The number of halogens is 1. The van der Waals surface area contributed by atoms with Crippen LogP contribution in [0.5, 0.6) is 0 Å². The third-order valence-corrected chi connectivity index (χ3v) is 3.45. The molecule has 72 valence electrons. The van der Waals surface area contributed by atoms with Crippen molar-refractivity contribution in [2.45, 2.75) is 6.04 Å². The number of hydrogen-bond acceptors (Lipinski definition) is 4. The van der Waals surface area contributed by atoms with E-state index in [2.05, 4.69) is 10.3 Å². The molecule has 1 fully saturated rings. The molecule has 0 aromatic carbocycles. The number of hydrogen-bond donors (Lipinski definition) is 0. The standard InChI is InChI=1S/C5H7ClN4O2S/c6-13(11,12)9-3-5(4-9)10-2-1-7-8-10/h1-2,5H,3-4H2. The zero-order chi connectivity index (χ0) is 9.47. The summed E-state index contributed by atoms with van der Waals surface area (Å²) >= 11 is 0. The van der Waals surface area contributed by atoms with Crippen LogP contribution >= 0.6 is 10.7 Å². The van der Waals surface area contributed by atoms with Gasteiger partial charge in [0.1, 0.15) is 0 Å². The first-order valence-corrected chi connectivity index (χ1v) is 5.89. The van der Waals surface area contributed by atoms with Crippen molar-refractivity contribution in [3.63, 3.8) is 0 Å². The minimum atomic E-state index is -3.55. The van der Waals surface area contributed by atoms with E-state index in [1.165, 1.54) is 4.31 Å². The van der Waals surface area contributed by atoms with Crippen LogP contribution < -0.4 is 0 Å². The smallest absolute Gasteiger partial charge is 0.247 e. The van der Waals surface area contributed by atoms with Gasteiger partial charge in [0.05, 0.1) is 12.2 Å². The van der Waals surface area contributed by atoms with Gasteiger partial charge in [-0.05, 0) is 0 Å². The lowest BCUT2D eigenvalue weighted by Crippen LogP contribution is -2.49. The molecule has 0 N–H and O–H groups in total. The van der Waals surface area contributed by atoms with Crippen LogP contribution in [0.4, 0.5) is 0 Å². The fourth-order valence-corrected chi connectivity index (χ4v) is 2.21. The number of aromatic nitrogens is 3. The Balaban J connectivity index is 2.00. The van der Waals surface area contributed by atoms with Crippen molar-refractivity contribution in [1.82, 2.24) is 19.3 Å². The van der Waals surface area contributed by atoms with Crippen LogP contribution in [0.3, 0.4) is 0 Å². The van der Waals surface area contributed by atoms with Gasteiger partial charge in [-0.25, -0.2) is 4.68 Å². The van der Waals surface area contributed by atoms with E-state index >= 15 is 0 Å². The fourth-order valence-electron chi connectivity index (χ4n) is 1.17. The molecule has 1 saturated heterocycles. The summed E-state index contributed by atoms with van der Waals surface area (Å²) < 4.78 is 24.4. The molecule has 2 rings (SSSR count). The van der Waals surface area contributed by atoms with E-state index in [4.69, 9.17) is 10.7 Å². The Labute approximate surface area is 79.6 Å². The SMILES string of the molecule is O=S(=O)(Cl)N1CC(n2ccnn2)C1. The van der Waals surface area contributed by atoms with Gasteiger partial charge in [-0.3, -0.25) is 0 Å². The minimum absolute atomic E-state index is 0.0658. The van der Waals surface area contributed by atoms with Gasteiger partial charge in [-0.1, -0.05) is 5.21 Å². The van der Waals surface area contributed by atoms with E-state index in [0.717, 1.165) is 0 Å². The van der Waals surface area contributed by atoms with Crippen LogP contribution in [-0.2, 0) is 9.24 Å². The molecule has 0 unspecified atom stereocenters. The topological polar surface area (TPSA) is 68.1 Å². The first kappa shape index (κ1) is 8.92. The first-order valence-electron chi connectivity index (χ1n) is 3.63. The molecular weight excluding hydrogens is 216 g/mol. The average Bonchev–Trinajstić information content (AvgIpc) is 2.31. The van der Waals surface area contributed by atoms with Gasteiger partial charge < -0.3 is 0 Å². The fraction of sp³-hybridized carbons (Fsp3) is 0.600. The highest BCUT2D eigenvalue weighted by Crippen LogP contribution is 2.24. The lowest BCUT2D eigenvalue weighted by atomic mass is 10.2. The molecule has 1 aliphatic heterocycles. The van der Waals surface area contributed by atoms with Crippen LogP contribution in [0.2, 0.25) is 0 Å². The van der Waals surface area contributed by atoms with Crippen molar-refractivity contribution < 1.29 is 8.42 Å². The molecule has 2 heterocycles. The molecule has 0 atom stereocenters. The van der Waals surface area contributed by atoms with Gasteiger partial charge in [-0.15, -0.1) is 5.10 Å². The monoisotopic (exact) mass is 222 g/mol. The first-order chi connectivity index (χ1) is 6.07. The van der Waals surface area contributed by atoms with E-state index in [0.29, 0.717) is 13.1 Å². The van der Waals surface area contributed by atoms with Gasteiger partial charge in [0.2, 0.25) is 0 Å². The molecule has 6 nitrogen and oxygen atoms in total. The van der Waals surface area contributed by atoms with E-state index in [9.17, 15) is 8.42 Å². The van der Waals surface area contributed by atoms with Crippen LogP contribution in [0, 0.1) is 0 Å². The van der Waals surface area contributed by atoms with Crippen molar-refractivity contribution in [3.8, 4) is 0 Å². The van der Waals surface area contributed by atoms with Gasteiger partial charge in [0.15, 0.2) is 0 Å². The highest BCUT2D eigenvalue weighted by atomic mass is 35.7. The van der Waals surface area contributed by atoms with Gasteiger partial charge in [0, 0.05) is 30.0 Å². The van der Waals surface area contributed by atoms with Crippen molar-refractivity contribution >= 4 is 19.9 Å². The largest absolute Gasteiger partial charge is 0.299 e. The Morgan fingerprint density at radius 1 is 1.46 bits per heavy atom. The second-order valence-corrected chi connectivity index (χ2v) is 5.31. The normalized spacial score (nSPS) is 20.1. The summed E-state index contributed by atoms with van der Waals surface area (Å²) in [5, 5.41) is 7.38. The molecule has 0 radical (unpaired) electrons. The van der Waals surface area contributed by atoms with Crippen molar-refractivity contribution in [3.05, 3.63) is 12.4 Å². The molecular formula is C5H7ClN4O2S. The molecule has 1 aromatic rings. The molecule has 1 aliphatic rings. The third-order valence-electron chi connectivity index (χ3n) is 1.95. The van der Waals surface area contributed by atoms with Crippen LogP contribution in [0.15, 0.2) is 12.4 Å². The predicted molar refractivity (Wildman–Crippen MR) is 45.4 cm³/mol.